The zero-order valence-electron chi connectivity index (χ0n) is 4.33. The Bertz CT molecular complexity index is 41.0. The molecule has 2 N–H and O–H groups in total. The molecule has 0 radical (unpaired) electrons. The largest absolute Gasteiger partial charge is 1.00 e. The molecule has 0 saturated heterocycles. The molecule has 0 spiro atoms. The van der Waals surface area contributed by atoms with E-state index in [-0.39, 0.29) is 29.6 Å². The van der Waals surface area contributed by atoms with Gasteiger partial charge in [-0.2, -0.15) is 0 Å². The molecule has 0 bridgehead atoms. The fraction of sp³-hybridized carbons (Fsp3) is 1.00. The number of hydrogen-bond donors (Lipinski definition) is 1. The normalized spacial score (nSPS) is 3.71. The van der Waals surface area contributed by atoms with E-state index in [9.17, 15) is 0 Å². The van der Waals surface area contributed by atoms with Gasteiger partial charge in [-0.15, -0.1) is 0 Å². The van der Waals surface area contributed by atoms with Crippen molar-refractivity contribution in [1.29, 1.82) is 0 Å². The Labute approximate surface area is 63.5 Å². The standard InChI is InChI=1S/CH5NO.N3.Na/c2*1-3-2;/h2H2,1H3;;/q;-1;+1. The van der Waals surface area contributed by atoms with Gasteiger partial charge in [0.1, 0.15) is 0 Å². The van der Waals surface area contributed by atoms with Crippen molar-refractivity contribution >= 4 is 0 Å². The smallest absolute Gasteiger partial charge is 0.373 e. The number of rotatable bonds is 0. The van der Waals surface area contributed by atoms with Crippen LogP contribution in [0.5, 0.6) is 0 Å². The molecule has 5 nitrogen and oxygen atoms in total. The van der Waals surface area contributed by atoms with E-state index >= 15 is 0 Å². The quantitative estimate of drug-likeness (QED) is 0.122. The van der Waals surface area contributed by atoms with Crippen LogP contribution in [0.25, 0.3) is 16.0 Å². The van der Waals surface area contributed by atoms with Crippen molar-refractivity contribution in [3.63, 3.8) is 0 Å². The van der Waals surface area contributed by atoms with Crippen molar-refractivity contribution < 1.29 is 34.4 Å². The molecule has 36 valence electrons. The molecule has 0 fully saturated rings. The molecule has 0 aromatic rings. The van der Waals surface area contributed by atoms with Gasteiger partial charge < -0.3 is 15.9 Å². The number of nitrogens with zero attached hydrogens (tertiary/aromatic N) is 3. The van der Waals surface area contributed by atoms with Gasteiger partial charge >= 0.3 is 29.6 Å². The average molecular weight is 112 g/mol. The molecule has 0 unspecified atom stereocenters. The van der Waals surface area contributed by atoms with Crippen LogP contribution >= 0.6 is 0 Å². The third kappa shape index (κ3) is 2110. The zero-order chi connectivity index (χ0) is 5.41. The summed E-state index contributed by atoms with van der Waals surface area (Å²) >= 11 is 0. The summed E-state index contributed by atoms with van der Waals surface area (Å²) in [6.45, 7) is 0. The fourth-order valence-corrected chi connectivity index (χ4v) is 0. The minimum absolute atomic E-state index is 0. The van der Waals surface area contributed by atoms with Crippen molar-refractivity contribution in [1.82, 2.24) is 0 Å². The summed E-state index contributed by atoms with van der Waals surface area (Å²) in [6.07, 6.45) is 0. The molecule has 0 saturated carbocycles. The second kappa shape index (κ2) is 34.3. The number of nitrogens with two attached hydrogens (primary N) is 1. The Balaban J connectivity index is -0.0000000400. The molecule has 0 heterocycles. The molecular formula is CH5N4NaO. The van der Waals surface area contributed by atoms with Crippen LogP contribution in [0.2, 0.25) is 0 Å². The molecule has 0 aromatic heterocycles. The van der Waals surface area contributed by atoms with Gasteiger partial charge in [0.2, 0.25) is 0 Å². The molecule has 0 rings (SSSR count). The van der Waals surface area contributed by atoms with Crippen LogP contribution in [-0.4, -0.2) is 7.11 Å². The monoisotopic (exact) mass is 112 g/mol. The minimum atomic E-state index is 0. The Morgan fingerprint density at radius 3 is 1.57 bits per heavy atom. The van der Waals surface area contributed by atoms with E-state index in [0.29, 0.717) is 0 Å². The maximum atomic E-state index is 6.75. The van der Waals surface area contributed by atoms with Crippen LogP contribution in [0, 0.1) is 0 Å². The summed E-state index contributed by atoms with van der Waals surface area (Å²) in [5, 5.41) is 0. The van der Waals surface area contributed by atoms with Gasteiger partial charge in [-0.25, -0.2) is 5.90 Å². The van der Waals surface area contributed by atoms with Crippen LogP contribution in [0.4, 0.5) is 0 Å². The topological polar surface area (TPSA) is 94.0 Å². The number of hydrogen-bond acceptors (Lipinski definition) is 2. The van der Waals surface area contributed by atoms with Crippen LogP contribution < -0.4 is 35.5 Å². The molecule has 7 heavy (non-hydrogen) atoms. The molecule has 6 heteroatoms. The maximum Gasteiger partial charge on any atom is 1.00 e. The van der Waals surface area contributed by atoms with E-state index in [1.165, 1.54) is 12.0 Å². The summed E-state index contributed by atoms with van der Waals surface area (Å²) < 4.78 is 0. The van der Waals surface area contributed by atoms with Gasteiger partial charge in [-0.1, -0.05) is 0 Å². The van der Waals surface area contributed by atoms with Crippen molar-refractivity contribution in [2.75, 3.05) is 7.11 Å². The molecule has 0 aliphatic heterocycles. The van der Waals surface area contributed by atoms with Gasteiger partial charge in [0, 0.05) is 0 Å². The average Bonchev–Trinajstić information content (AvgIpc) is 1.39. The van der Waals surface area contributed by atoms with Crippen molar-refractivity contribution in [3.05, 3.63) is 16.0 Å². The van der Waals surface area contributed by atoms with Crippen LogP contribution in [0.1, 0.15) is 0 Å². The minimum Gasteiger partial charge on any atom is -0.373 e. The summed E-state index contributed by atoms with van der Waals surface area (Å²) in [4.78, 5) is 5.25. The molecular weight excluding hydrogens is 107 g/mol. The zero-order valence-corrected chi connectivity index (χ0v) is 6.33. The van der Waals surface area contributed by atoms with Crippen LogP contribution in [0.3, 0.4) is 0 Å². The van der Waals surface area contributed by atoms with Crippen molar-refractivity contribution in [3.8, 4) is 0 Å². The molecule has 0 aliphatic rings. The molecule has 0 aromatic carbocycles. The van der Waals surface area contributed by atoms with Gasteiger partial charge in [0.05, 0.1) is 7.11 Å². The van der Waals surface area contributed by atoms with Gasteiger partial charge in [0.25, 0.3) is 0 Å². The molecule has 0 aliphatic carbocycles. The second-order valence-corrected chi connectivity index (χ2v) is 0.325. The first-order valence-electron chi connectivity index (χ1n) is 1.04. The first kappa shape index (κ1) is 15.7. The van der Waals surface area contributed by atoms with E-state index in [0.717, 1.165) is 0 Å². The molecule has 0 atom stereocenters. The Kier molecular flexibility index (Phi) is 76.8. The Morgan fingerprint density at radius 2 is 1.57 bits per heavy atom. The third-order valence-electron chi connectivity index (χ3n) is 0. The summed E-state index contributed by atoms with van der Waals surface area (Å²) in [6, 6.07) is 0. The van der Waals surface area contributed by atoms with E-state index < -0.39 is 0 Å². The van der Waals surface area contributed by atoms with Crippen molar-refractivity contribution in [2.24, 2.45) is 5.90 Å². The second-order valence-electron chi connectivity index (χ2n) is 0.325. The first-order chi connectivity index (χ1) is 2.83. The predicted octanol–water partition coefficient (Wildman–Crippen LogP) is -2.62. The van der Waals surface area contributed by atoms with Crippen LogP contribution in [0.15, 0.2) is 0 Å². The summed E-state index contributed by atoms with van der Waals surface area (Å²) in [7, 11) is 1.40. The SMILES string of the molecule is CON.[N-]=[N+]=[N-].[Na+]. The van der Waals surface area contributed by atoms with E-state index in [4.69, 9.17) is 11.1 Å². The van der Waals surface area contributed by atoms with E-state index in [2.05, 4.69) is 10.7 Å². The Hall–Kier alpha value is 0.230. The van der Waals surface area contributed by atoms with Crippen LogP contribution in [-0.2, 0) is 4.84 Å². The van der Waals surface area contributed by atoms with Gasteiger partial charge in [-0.3, -0.25) is 4.91 Å². The Morgan fingerprint density at radius 1 is 1.57 bits per heavy atom. The van der Waals surface area contributed by atoms with Gasteiger partial charge in [-0.05, 0) is 0 Å². The summed E-state index contributed by atoms with van der Waals surface area (Å²) in [5.74, 6) is 4.35. The van der Waals surface area contributed by atoms with Gasteiger partial charge in [0.15, 0.2) is 0 Å². The first-order valence-corrected chi connectivity index (χ1v) is 1.04. The third-order valence-corrected chi connectivity index (χ3v) is 0. The molecule has 0 amide bonds. The maximum absolute atomic E-state index is 6.75. The predicted molar refractivity (Wildman–Crippen MR) is 21.3 cm³/mol. The summed E-state index contributed by atoms with van der Waals surface area (Å²) in [5.41, 5.74) is 13.5. The van der Waals surface area contributed by atoms with Crippen molar-refractivity contribution in [2.45, 2.75) is 0 Å². The van der Waals surface area contributed by atoms with E-state index in [1.807, 2.05) is 0 Å². The fourth-order valence-electron chi connectivity index (χ4n) is 0. The van der Waals surface area contributed by atoms with E-state index in [1.54, 1.807) is 0 Å².